The highest BCUT2D eigenvalue weighted by Gasteiger charge is 2.07. The van der Waals surface area contributed by atoms with Crippen molar-refractivity contribution < 1.29 is 13.5 Å². The molecule has 0 aliphatic rings. The minimum absolute atomic E-state index is 0.0419. The average Bonchev–Trinajstić information content (AvgIpc) is 1.96. The van der Waals surface area contributed by atoms with Crippen LogP contribution < -0.4 is 5.73 Å². The minimum Gasteiger partial charge on any atom is -0.396 e. The maximum Gasteiger partial charge on any atom is 0.147 e. The van der Waals surface area contributed by atoms with E-state index in [0.29, 0.717) is 19.4 Å². The second-order valence-corrected chi connectivity index (χ2v) is 5.32. The monoisotopic (exact) mass is 195 g/mol. The summed E-state index contributed by atoms with van der Waals surface area (Å²) in [6, 6.07) is 0. The lowest BCUT2D eigenvalue weighted by Crippen LogP contribution is -2.19. The van der Waals surface area contributed by atoms with E-state index in [-0.39, 0.29) is 18.3 Å². The highest BCUT2D eigenvalue weighted by Crippen LogP contribution is 2.04. The number of aliphatic hydroxyl groups excluding tert-OH is 1. The molecule has 12 heavy (non-hydrogen) atoms. The second kappa shape index (κ2) is 5.50. The standard InChI is InChI=1S/C7H17NO3S/c1-12(10,11)4-2-3-7(5-8)6-9/h7,9H,2-6,8H2,1H3. The van der Waals surface area contributed by atoms with E-state index in [1.54, 1.807) is 0 Å². The zero-order valence-corrected chi connectivity index (χ0v) is 8.18. The van der Waals surface area contributed by atoms with Crippen LogP contribution in [0.3, 0.4) is 0 Å². The van der Waals surface area contributed by atoms with Crippen molar-refractivity contribution in [3.8, 4) is 0 Å². The van der Waals surface area contributed by atoms with Gasteiger partial charge in [0.05, 0.1) is 0 Å². The molecule has 0 radical (unpaired) electrons. The van der Waals surface area contributed by atoms with Crippen LogP contribution in [-0.4, -0.2) is 38.7 Å². The minimum atomic E-state index is -2.86. The highest BCUT2D eigenvalue weighted by atomic mass is 32.2. The highest BCUT2D eigenvalue weighted by molar-refractivity contribution is 7.90. The molecule has 0 amide bonds. The molecule has 5 heteroatoms. The molecule has 0 rings (SSSR count). The first-order valence-corrected chi connectivity index (χ1v) is 6.04. The first kappa shape index (κ1) is 11.9. The van der Waals surface area contributed by atoms with Gasteiger partial charge in [-0.15, -0.1) is 0 Å². The Morgan fingerprint density at radius 3 is 2.42 bits per heavy atom. The molecule has 0 fully saturated rings. The molecule has 0 aromatic carbocycles. The Morgan fingerprint density at radius 1 is 1.50 bits per heavy atom. The van der Waals surface area contributed by atoms with Crippen molar-refractivity contribution in [2.75, 3.05) is 25.2 Å². The lowest BCUT2D eigenvalue weighted by atomic mass is 10.1. The third-order valence-corrected chi connectivity index (χ3v) is 2.75. The van der Waals surface area contributed by atoms with E-state index in [2.05, 4.69) is 0 Å². The fraction of sp³-hybridized carbons (Fsp3) is 1.00. The van der Waals surface area contributed by atoms with Gasteiger partial charge in [-0.25, -0.2) is 8.42 Å². The Labute approximate surface area is 73.7 Å². The van der Waals surface area contributed by atoms with Crippen LogP contribution in [0.5, 0.6) is 0 Å². The molecule has 0 bridgehead atoms. The van der Waals surface area contributed by atoms with Gasteiger partial charge in [-0.1, -0.05) is 0 Å². The average molecular weight is 195 g/mol. The largest absolute Gasteiger partial charge is 0.396 e. The molecule has 0 saturated carbocycles. The molecule has 0 aromatic rings. The van der Waals surface area contributed by atoms with Crippen LogP contribution in [0.4, 0.5) is 0 Å². The van der Waals surface area contributed by atoms with Gasteiger partial charge in [0.1, 0.15) is 9.84 Å². The SMILES string of the molecule is CS(=O)(=O)CCCC(CN)CO. The maximum absolute atomic E-state index is 10.7. The maximum atomic E-state index is 10.7. The van der Waals surface area contributed by atoms with Crippen molar-refractivity contribution >= 4 is 9.84 Å². The summed E-state index contributed by atoms with van der Waals surface area (Å²) in [6.07, 6.45) is 2.48. The summed E-state index contributed by atoms with van der Waals surface area (Å²) in [5.74, 6) is 0.232. The summed E-state index contributed by atoms with van der Waals surface area (Å²) in [7, 11) is -2.86. The molecule has 0 aliphatic heterocycles. The van der Waals surface area contributed by atoms with Gasteiger partial charge in [-0.05, 0) is 25.3 Å². The fourth-order valence-electron chi connectivity index (χ4n) is 0.918. The Bertz CT molecular complexity index is 197. The van der Waals surface area contributed by atoms with E-state index in [0.717, 1.165) is 0 Å². The molecule has 0 aromatic heterocycles. The number of rotatable bonds is 6. The predicted octanol–water partition coefficient (Wildman–Crippen LogP) is -0.622. The molecule has 1 unspecified atom stereocenters. The van der Waals surface area contributed by atoms with E-state index in [1.165, 1.54) is 6.26 Å². The van der Waals surface area contributed by atoms with Crippen molar-refractivity contribution in [1.82, 2.24) is 0 Å². The molecular formula is C7H17NO3S. The van der Waals surface area contributed by atoms with Crippen molar-refractivity contribution in [1.29, 1.82) is 0 Å². The number of aliphatic hydroxyl groups is 1. The summed E-state index contributed by atoms with van der Waals surface area (Å²) >= 11 is 0. The molecule has 0 heterocycles. The van der Waals surface area contributed by atoms with E-state index < -0.39 is 9.84 Å². The quantitative estimate of drug-likeness (QED) is 0.592. The molecule has 1 atom stereocenters. The van der Waals surface area contributed by atoms with Crippen LogP contribution in [-0.2, 0) is 9.84 Å². The molecule has 4 nitrogen and oxygen atoms in total. The van der Waals surface area contributed by atoms with Crippen molar-refractivity contribution in [2.24, 2.45) is 11.7 Å². The summed E-state index contributed by atoms with van der Waals surface area (Å²) in [4.78, 5) is 0. The Balaban J connectivity index is 3.55. The molecular weight excluding hydrogens is 178 g/mol. The van der Waals surface area contributed by atoms with Gasteiger partial charge in [-0.2, -0.15) is 0 Å². The zero-order valence-electron chi connectivity index (χ0n) is 7.36. The van der Waals surface area contributed by atoms with Crippen LogP contribution in [0, 0.1) is 5.92 Å². The first-order valence-electron chi connectivity index (χ1n) is 3.98. The third-order valence-electron chi connectivity index (χ3n) is 1.72. The number of hydrogen-bond acceptors (Lipinski definition) is 4. The van der Waals surface area contributed by atoms with E-state index >= 15 is 0 Å². The van der Waals surface area contributed by atoms with Crippen molar-refractivity contribution in [3.63, 3.8) is 0 Å². The summed E-state index contributed by atoms with van der Waals surface area (Å²) in [6.45, 7) is 0.459. The van der Waals surface area contributed by atoms with Gasteiger partial charge in [0, 0.05) is 18.6 Å². The van der Waals surface area contributed by atoms with Crippen molar-refractivity contribution in [2.45, 2.75) is 12.8 Å². The van der Waals surface area contributed by atoms with Gasteiger partial charge in [0.15, 0.2) is 0 Å². The van der Waals surface area contributed by atoms with Crippen LogP contribution >= 0.6 is 0 Å². The molecule has 3 N–H and O–H groups in total. The summed E-state index contributed by atoms with van der Waals surface area (Å²) in [5.41, 5.74) is 5.32. The topological polar surface area (TPSA) is 80.4 Å². The smallest absolute Gasteiger partial charge is 0.147 e. The molecule has 74 valence electrons. The lowest BCUT2D eigenvalue weighted by molar-refractivity contribution is 0.222. The van der Waals surface area contributed by atoms with E-state index in [9.17, 15) is 8.42 Å². The Hall–Kier alpha value is -0.130. The molecule has 0 aliphatic carbocycles. The molecule has 0 saturated heterocycles. The number of nitrogens with two attached hydrogens (primary N) is 1. The van der Waals surface area contributed by atoms with Crippen LogP contribution in [0.25, 0.3) is 0 Å². The summed E-state index contributed by atoms with van der Waals surface area (Å²) in [5, 5.41) is 8.73. The normalized spacial score (nSPS) is 14.6. The Morgan fingerprint density at radius 2 is 2.08 bits per heavy atom. The third kappa shape index (κ3) is 6.57. The molecule has 0 spiro atoms. The predicted molar refractivity (Wildman–Crippen MR) is 48.6 cm³/mol. The first-order chi connectivity index (χ1) is 5.49. The van der Waals surface area contributed by atoms with Gasteiger partial charge in [0.2, 0.25) is 0 Å². The second-order valence-electron chi connectivity index (χ2n) is 3.06. The van der Waals surface area contributed by atoms with Gasteiger partial charge in [0.25, 0.3) is 0 Å². The van der Waals surface area contributed by atoms with E-state index in [4.69, 9.17) is 10.8 Å². The lowest BCUT2D eigenvalue weighted by Gasteiger charge is -2.09. The Kier molecular flexibility index (Phi) is 5.44. The van der Waals surface area contributed by atoms with Crippen LogP contribution in [0.2, 0.25) is 0 Å². The zero-order chi connectivity index (χ0) is 9.61. The van der Waals surface area contributed by atoms with Crippen LogP contribution in [0.15, 0.2) is 0 Å². The van der Waals surface area contributed by atoms with Gasteiger partial charge < -0.3 is 10.8 Å². The van der Waals surface area contributed by atoms with Crippen molar-refractivity contribution in [3.05, 3.63) is 0 Å². The van der Waals surface area contributed by atoms with E-state index in [1.807, 2.05) is 0 Å². The number of sulfone groups is 1. The number of hydrogen-bond donors (Lipinski definition) is 2. The summed E-state index contributed by atoms with van der Waals surface area (Å²) < 4.78 is 21.4. The van der Waals surface area contributed by atoms with Gasteiger partial charge >= 0.3 is 0 Å². The fourth-order valence-corrected chi connectivity index (χ4v) is 1.61. The van der Waals surface area contributed by atoms with Crippen LogP contribution in [0.1, 0.15) is 12.8 Å². The van der Waals surface area contributed by atoms with Gasteiger partial charge in [-0.3, -0.25) is 0 Å².